The molecule has 1 unspecified atom stereocenters. The largest absolute Gasteiger partial charge is 0.497 e. The second kappa shape index (κ2) is 9.58. The van der Waals surface area contributed by atoms with Crippen LogP contribution in [0.2, 0.25) is 0 Å². The van der Waals surface area contributed by atoms with Gasteiger partial charge in [-0.1, -0.05) is 11.8 Å². The first-order valence-corrected chi connectivity index (χ1v) is 11.4. The number of fused-ring (bicyclic) bond motifs is 3. The molecule has 0 spiro atoms. The van der Waals surface area contributed by atoms with E-state index < -0.39 is 0 Å². The van der Waals surface area contributed by atoms with Crippen LogP contribution in [0.1, 0.15) is 24.1 Å². The number of aromatic nitrogens is 3. The molecule has 0 bridgehead atoms. The first kappa shape index (κ1) is 22.7. The first-order valence-electron chi connectivity index (χ1n) is 10.4. The number of pyridine rings is 1. The minimum Gasteiger partial charge on any atom is -0.497 e. The number of hydrogen-bond donors (Lipinski definition) is 1. The number of thioether (sulfide) groups is 1. The minimum absolute atomic E-state index is 0.122. The lowest BCUT2D eigenvalue weighted by atomic mass is 10.1. The summed E-state index contributed by atoms with van der Waals surface area (Å²) in [5, 5.41) is 13.4. The highest BCUT2D eigenvalue weighted by Gasteiger charge is 2.17. The number of carbonyl (C=O) groups is 1. The maximum absolute atomic E-state index is 12.7. The zero-order valence-electron chi connectivity index (χ0n) is 19.2. The van der Waals surface area contributed by atoms with Gasteiger partial charge < -0.3 is 19.5 Å². The fourth-order valence-corrected chi connectivity index (χ4v) is 4.55. The third-order valence-electron chi connectivity index (χ3n) is 5.49. The van der Waals surface area contributed by atoms with Gasteiger partial charge in [0.05, 0.1) is 38.6 Å². The average molecular weight is 467 g/mol. The van der Waals surface area contributed by atoms with Crippen molar-refractivity contribution in [1.29, 1.82) is 0 Å². The van der Waals surface area contributed by atoms with Gasteiger partial charge in [-0.2, -0.15) is 0 Å². The molecule has 1 N–H and O–H groups in total. The second-order valence-electron chi connectivity index (χ2n) is 7.57. The topological polar surface area (TPSA) is 87.0 Å². The van der Waals surface area contributed by atoms with Crippen LogP contribution < -0.4 is 19.5 Å². The molecule has 0 saturated heterocycles. The van der Waals surface area contributed by atoms with Gasteiger partial charge in [0.25, 0.3) is 0 Å². The quantitative estimate of drug-likeness (QED) is 0.390. The van der Waals surface area contributed by atoms with Crippen molar-refractivity contribution in [2.24, 2.45) is 0 Å². The van der Waals surface area contributed by atoms with Crippen molar-refractivity contribution in [2.75, 3.05) is 27.1 Å². The van der Waals surface area contributed by atoms with Crippen LogP contribution in [0.15, 0.2) is 47.6 Å². The Morgan fingerprint density at radius 2 is 1.76 bits per heavy atom. The van der Waals surface area contributed by atoms with E-state index in [9.17, 15) is 4.79 Å². The lowest BCUT2D eigenvalue weighted by molar-refractivity contribution is -0.119. The van der Waals surface area contributed by atoms with Gasteiger partial charge in [0.2, 0.25) is 5.91 Å². The molecule has 4 rings (SSSR count). The van der Waals surface area contributed by atoms with Gasteiger partial charge in [-0.05, 0) is 55.8 Å². The van der Waals surface area contributed by atoms with Crippen molar-refractivity contribution < 1.29 is 19.0 Å². The monoisotopic (exact) mass is 466 g/mol. The summed E-state index contributed by atoms with van der Waals surface area (Å²) < 4.78 is 18.1. The van der Waals surface area contributed by atoms with Crippen molar-refractivity contribution in [3.63, 3.8) is 0 Å². The van der Waals surface area contributed by atoms with Gasteiger partial charge in [-0.15, -0.1) is 10.2 Å². The molecule has 172 valence electrons. The van der Waals surface area contributed by atoms with E-state index in [1.165, 1.54) is 11.8 Å². The Balaban J connectivity index is 1.54. The summed E-state index contributed by atoms with van der Waals surface area (Å²) in [6.45, 7) is 3.95. The van der Waals surface area contributed by atoms with Gasteiger partial charge in [-0.25, -0.2) is 0 Å². The standard InChI is InChI=1S/C24H26N4O4S/c1-14-10-22-26-27-24(28(22)20-12-17(31-4)6-8-18(14)20)33-13-23(29)25-15(2)19-11-16(30-3)7-9-21(19)32-5/h6-12,15H,13H2,1-5H3,(H,25,29). The van der Waals surface area contributed by atoms with E-state index >= 15 is 0 Å². The molecule has 9 heteroatoms. The van der Waals surface area contributed by atoms with Gasteiger partial charge >= 0.3 is 0 Å². The van der Waals surface area contributed by atoms with Crippen LogP contribution in [0.3, 0.4) is 0 Å². The highest BCUT2D eigenvalue weighted by Crippen LogP contribution is 2.30. The van der Waals surface area contributed by atoms with Crippen LogP contribution in [0.4, 0.5) is 0 Å². The molecule has 0 aliphatic carbocycles. The molecule has 0 fully saturated rings. The summed E-state index contributed by atoms with van der Waals surface area (Å²) in [6.07, 6.45) is 0. The van der Waals surface area contributed by atoms with Crippen LogP contribution in [0, 0.1) is 6.92 Å². The van der Waals surface area contributed by atoms with Gasteiger partial charge in [0, 0.05) is 17.0 Å². The van der Waals surface area contributed by atoms with E-state index in [0.717, 1.165) is 33.4 Å². The number of carbonyl (C=O) groups excluding carboxylic acids is 1. The lowest BCUT2D eigenvalue weighted by Gasteiger charge is -2.18. The molecular weight excluding hydrogens is 440 g/mol. The maximum atomic E-state index is 12.7. The van der Waals surface area contributed by atoms with E-state index in [2.05, 4.69) is 15.5 Å². The zero-order valence-corrected chi connectivity index (χ0v) is 20.0. The smallest absolute Gasteiger partial charge is 0.230 e. The molecule has 2 aromatic carbocycles. The maximum Gasteiger partial charge on any atom is 0.230 e. The summed E-state index contributed by atoms with van der Waals surface area (Å²) in [6, 6.07) is 13.2. The number of rotatable bonds is 8. The van der Waals surface area contributed by atoms with Gasteiger partial charge in [0.1, 0.15) is 17.2 Å². The Hall–Kier alpha value is -3.46. The van der Waals surface area contributed by atoms with E-state index in [1.807, 2.05) is 60.7 Å². The van der Waals surface area contributed by atoms with Crippen LogP contribution in [0.5, 0.6) is 17.2 Å². The number of hydrogen-bond acceptors (Lipinski definition) is 7. The Labute approximate surface area is 196 Å². The zero-order chi connectivity index (χ0) is 23.5. The third kappa shape index (κ3) is 4.54. The normalized spacial score (nSPS) is 12.0. The van der Waals surface area contributed by atoms with E-state index in [-0.39, 0.29) is 17.7 Å². The van der Waals surface area contributed by atoms with Crippen LogP contribution in [0.25, 0.3) is 16.6 Å². The van der Waals surface area contributed by atoms with Gasteiger partial charge in [0.15, 0.2) is 10.8 Å². The first-order chi connectivity index (χ1) is 15.9. The van der Waals surface area contributed by atoms with Crippen LogP contribution in [-0.4, -0.2) is 47.6 Å². The molecule has 8 nitrogen and oxygen atoms in total. The number of benzene rings is 2. The van der Waals surface area contributed by atoms with Crippen molar-refractivity contribution in [1.82, 2.24) is 19.9 Å². The number of nitrogens with zero attached hydrogens (tertiary/aromatic N) is 3. The van der Waals surface area contributed by atoms with Crippen molar-refractivity contribution in [3.05, 3.63) is 53.6 Å². The molecule has 0 aliphatic heterocycles. The number of ether oxygens (including phenoxy) is 3. The SMILES string of the molecule is COc1ccc(OC)c(C(C)NC(=O)CSc2nnc3cc(C)c4ccc(OC)cc4n23)c1. The van der Waals surface area contributed by atoms with Crippen molar-refractivity contribution >= 4 is 34.2 Å². The highest BCUT2D eigenvalue weighted by molar-refractivity contribution is 7.99. The summed E-state index contributed by atoms with van der Waals surface area (Å²) >= 11 is 1.33. The third-order valence-corrected chi connectivity index (χ3v) is 6.42. The molecule has 2 heterocycles. The molecule has 1 atom stereocenters. The highest BCUT2D eigenvalue weighted by atomic mass is 32.2. The van der Waals surface area contributed by atoms with E-state index in [0.29, 0.717) is 16.7 Å². The Kier molecular flexibility index (Phi) is 6.60. The second-order valence-corrected chi connectivity index (χ2v) is 8.51. The van der Waals surface area contributed by atoms with Crippen LogP contribution in [-0.2, 0) is 4.79 Å². The Morgan fingerprint density at radius 3 is 2.48 bits per heavy atom. The molecule has 4 aromatic rings. The van der Waals surface area contributed by atoms with Gasteiger partial charge in [-0.3, -0.25) is 9.20 Å². The summed E-state index contributed by atoms with van der Waals surface area (Å²) in [7, 11) is 4.85. The molecule has 0 saturated carbocycles. The minimum atomic E-state index is -0.258. The summed E-state index contributed by atoms with van der Waals surface area (Å²) in [5.74, 6) is 2.21. The Bertz CT molecular complexity index is 1320. The summed E-state index contributed by atoms with van der Waals surface area (Å²) in [5.41, 5.74) is 3.61. The molecule has 2 aromatic heterocycles. The Morgan fingerprint density at radius 1 is 1.03 bits per heavy atom. The molecule has 0 radical (unpaired) electrons. The number of nitrogens with one attached hydrogen (secondary N) is 1. The molecule has 33 heavy (non-hydrogen) atoms. The van der Waals surface area contributed by atoms with Crippen LogP contribution >= 0.6 is 11.8 Å². The number of aryl methyl sites for hydroxylation is 1. The predicted molar refractivity (Wildman–Crippen MR) is 129 cm³/mol. The molecule has 1 amide bonds. The fourth-order valence-electron chi connectivity index (χ4n) is 3.79. The number of methoxy groups -OCH3 is 3. The molecule has 0 aliphatic rings. The molecular formula is C24H26N4O4S. The van der Waals surface area contributed by atoms with Crippen molar-refractivity contribution in [2.45, 2.75) is 25.0 Å². The fraction of sp³-hybridized carbons (Fsp3) is 0.292. The predicted octanol–water partition coefficient (Wildman–Crippen LogP) is 4.19. The lowest BCUT2D eigenvalue weighted by Crippen LogP contribution is -2.28. The van der Waals surface area contributed by atoms with E-state index in [4.69, 9.17) is 14.2 Å². The van der Waals surface area contributed by atoms with E-state index in [1.54, 1.807) is 21.3 Å². The number of amides is 1. The average Bonchev–Trinajstić information content (AvgIpc) is 3.24. The van der Waals surface area contributed by atoms with Crippen molar-refractivity contribution in [3.8, 4) is 17.2 Å². The summed E-state index contributed by atoms with van der Waals surface area (Å²) in [4.78, 5) is 12.7.